The van der Waals surface area contributed by atoms with E-state index in [1.54, 1.807) is 0 Å². The zero-order valence-corrected chi connectivity index (χ0v) is 8.64. The summed E-state index contributed by atoms with van der Waals surface area (Å²) in [6.45, 7) is 10.3. The van der Waals surface area contributed by atoms with Gasteiger partial charge in [0.2, 0.25) is 0 Å². The molecule has 0 spiro atoms. The van der Waals surface area contributed by atoms with Crippen LogP contribution in [0.5, 0.6) is 0 Å². The second-order valence-corrected chi connectivity index (χ2v) is 3.94. The second kappa shape index (κ2) is 4.83. The van der Waals surface area contributed by atoms with Gasteiger partial charge in [-0.25, -0.2) is 0 Å². The minimum Gasteiger partial charge on any atom is -0.315 e. The van der Waals surface area contributed by atoms with E-state index in [1.807, 2.05) is 0 Å². The topological polar surface area (TPSA) is 15.3 Å². The summed E-state index contributed by atoms with van der Waals surface area (Å²) < 4.78 is 0. The van der Waals surface area contributed by atoms with Gasteiger partial charge in [-0.3, -0.25) is 4.90 Å². The predicted octanol–water partition coefficient (Wildman–Crippen LogP) is 1.47. The third-order valence-electron chi connectivity index (χ3n) is 2.72. The summed E-state index contributed by atoms with van der Waals surface area (Å²) in [5.74, 6) is 0. The van der Waals surface area contributed by atoms with Gasteiger partial charge >= 0.3 is 0 Å². The summed E-state index contributed by atoms with van der Waals surface area (Å²) >= 11 is 0. The van der Waals surface area contributed by atoms with Gasteiger partial charge in [0, 0.05) is 18.6 Å². The molecule has 1 fully saturated rings. The highest BCUT2D eigenvalue weighted by atomic mass is 15.2. The summed E-state index contributed by atoms with van der Waals surface area (Å²) in [7, 11) is 0. The molecule has 0 aromatic rings. The van der Waals surface area contributed by atoms with Crippen LogP contribution in [0.4, 0.5) is 0 Å². The van der Waals surface area contributed by atoms with Gasteiger partial charge in [0.25, 0.3) is 0 Å². The van der Waals surface area contributed by atoms with Crippen LogP contribution in [-0.4, -0.2) is 36.6 Å². The Hall–Kier alpha value is -0.0800. The zero-order valence-electron chi connectivity index (χ0n) is 8.64. The molecule has 1 N–H and O–H groups in total. The van der Waals surface area contributed by atoms with Gasteiger partial charge in [-0.05, 0) is 39.8 Å². The van der Waals surface area contributed by atoms with E-state index >= 15 is 0 Å². The third-order valence-corrected chi connectivity index (χ3v) is 2.72. The van der Waals surface area contributed by atoms with Crippen LogP contribution in [0.2, 0.25) is 0 Å². The first kappa shape index (κ1) is 10.0. The van der Waals surface area contributed by atoms with Crippen LogP contribution in [0.25, 0.3) is 0 Å². The third kappa shape index (κ3) is 2.46. The lowest BCUT2D eigenvalue weighted by Gasteiger charge is -2.28. The molecular weight excluding hydrogens is 148 g/mol. The van der Waals surface area contributed by atoms with E-state index in [0.717, 1.165) is 18.6 Å². The Morgan fingerprint density at radius 1 is 1.50 bits per heavy atom. The molecule has 0 saturated carbocycles. The van der Waals surface area contributed by atoms with E-state index in [0.29, 0.717) is 0 Å². The number of nitrogens with zero attached hydrogens (tertiary/aromatic N) is 1. The SMILES string of the molecule is CCNC[C@@H]1CCCN1C(C)C. The molecule has 0 aromatic carbocycles. The average Bonchev–Trinajstić information content (AvgIpc) is 2.48. The molecule has 1 rings (SSSR count). The van der Waals surface area contributed by atoms with Crippen molar-refractivity contribution in [1.82, 2.24) is 10.2 Å². The molecule has 0 amide bonds. The maximum absolute atomic E-state index is 3.43. The maximum Gasteiger partial charge on any atom is 0.0223 e. The van der Waals surface area contributed by atoms with Crippen molar-refractivity contribution in [1.29, 1.82) is 0 Å². The normalized spacial score (nSPS) is 25.5. The molecule has 72 valence electrons. The van der Waals surface area contributed by atoms with Gasteiger partial charge < -0.3 is 5.32 Å². The van der Waals surface area contributed by atoms with Crippen LogP contribution in [0.15, 0.2) is 0 Å². The number of nitrogens with one attached hydrogen (secondary N) is 1. The monoisotopic (exact) mass is 170 g/mol. The van der Waals surface area contributed by atoms with E-state index < -0.39 is 0 Å². The van der Waals surface area contributed by atoms with Crippen LogP contribution >= 0.6 is 0 Å². The molecule has 0 aliphatic carbocycles. The zero-order chi connectivity index (χ0) is 8.97. The molecule has 1 aliphatic heterocycles. The van der Waals surface area contributed by atoms with Crippen LogP contribution in [0.1, 0.15) is 33.6 Å². The van der Waals surface area contributed by atoms with Crippen LogP contribution in [0.3, 0.4) is 0 Å². The fourth-order valence-corrected chi connectivity index (χ4v) is 2.07. The van der Waals surface area contributed by atoms with E-state index in [4.69, 9.17) is 0 Å². The lowest BCUT2D eigenvalue weighted by molar-refractivity contribution is 0.200. The summed E-state index contributed by atoms with van der Waals surface area (Å²) in [5, 5.41) is 3.43. The average molecular weight is 170 g/mol. The highest BCUT2D eigenvalue weighted by Gasteiger charge is 2.25. The minimum absolute atomic E-state index is 0.719. The molecule has 0 bridgehead atoms. The quantitative estimate of drug-likeness (QED) is 0.687. The molecule has 0 aromatic heterocycles. The Bertz CT molecular complexity index is 123. The number of likely N-dealkylation sites (N-methyl/N-ethyl adjacent to an activating group) is 1. The van der Waals surface area contributed by atoms with Gasteiger partial charge in [-0.1, -0.05) is 6.92 Å². The molecule has 12 heavy (non-hydrogen) atoms. The summed E-state index contributed by atoms with van der Waals surface area (Å²) in [5.41, 5.74) is 0. The highest BCUT2D eigenvalue weighted by Crippen LogP contribution is 2.18. The summed E-state index contributed by atoms with van der Waals surface area (Å²) in [6.07, 6.45) is 2.76. The number of hydrogen-bond acceptors (Lipinski definition) is 2. The summed E-state index contributed by atoms with van der Waals surface area (Å²) in [6, 6.07) is 1.51. The maximum atomic E-state index is 3.43. The van der Waals surface area contributed by atoms with E-state index in [-0.39, 0.29) is 0 Å². The Morgan fingerprint density at radius 3 is 2.83 bits per heavy atom. The molecule has 2 heteroatoms. The number of likely N-dealkylation sites (tertiary alicyclic amines) is 1. The Labute approximate surface area is 76.3 Å². The first-order chi connectivity index (χ1) is 5.75. The second-order valence-electron chi connectivity index (χ2n) is 3.94. The molecule has 1 heterocycles. The fourth-order valence-electron chi connectivity index (χ4n) is 2.07. The van der Waals surface area contributed by atoms with Crippen LogP contribution in [-0.2, 0) is 0 Å². The molecule has 2 nitrogen and oxygen atoms in total. The molecule has 0 unspecified atom stereocenters. The van der Waals surface area contributed by atoms with Crippen molar-refractivity contribution in [3.63, 3.8) is 0 Å². The van der Waals surface area contributed by atoms with E-state index in [1.165, 1.54) is 25.9 Å². The minimum atomic E-state index is 0.719. The fraction of sp³-hybridized carbons (Fsp3) is 1.00. The van der Waals surface area contributed by atoms with Crippen molar-refractivity contribution >= 4 is 0 Å². The van der Waals surface area contributed by atoms with Crippen molar-refractivity contribution < 1.29 is 0 Å². The van der Waals surface area contributed by atoms with Gasteiger partial charge in [0.05, 0.1) is 0 Å². The van der Waals surface area contributed by atoms with Crippen LogP contribution in [0, 0.1) is 0 Å². The number of rotatable bonds is 4. The molecule has 1 saturated heterocycles. The van der Waals surface area contributed by atoms with E-state index in [2.05, 4.69) is 31.0 Å². The molecule has 1 atom stereocenters. The van der Waals surface area contributed by atoms with Gasteiger partial charge in [-0.2, -0.15) is 0 Å². The Balaban J connectivity index is 2.30. The van der Waals surface area contributed by atoms with Gasteiger partial charge in [-0.15, -0.1) is 0 Å². The molecule has 0 radical (unpaired) electrons. The van der Waals surface area contributed by atoms with Gasteiger partial charge in [0.1, 0.15) is 0 Å². The standard InChI is InChI=1S/C10H22N2/c1-4-11-8-10-6-5-7-12(10)9(2)3/h9-11H,4-8H2,1-3H3/t10-/m0/s1. The Morgan fingerprint density at radius 2 is 2.25 bits per heavy atom. The van der Waals surface area contributed by atoms with Crippen LogP contribution < -0.4 is 5.32 Å². The largest absolute Gasteiger partial charge is 0.315 e. The van der Waals surface area contributed by atoms with Crippen molar-refractivity contribution in [2.24, 2.45) is 0 Å². The van der Waals surface area contributed by atoms with Crippen molar-refractivity contribution in [2.45, 2.75) is 45.7 Å². The lowest BCUT2D eigenvalue weighted by atomic mass is 10.2. The molecular formula is C10H22N2. The highest BCUT2D eigenvalue weighted by molar-refractivity contribution is 4.82. The first-order valence-electron chi connectivity index (χ1n) is 5.22. The van der Waals surface area contributed by atoms with E-state index in [9.17, 15) is 0 Å². The number of hydrogen-bond donors (Lipinski definition) is 1. The summed E-state index contributed by atoms with van der Waals surface area (Å²) in [4.78, 5) is 2.61. The smallest absolute Gasteiger partial charge is 0.0223 e. The van der Waals surface area contributed by atoms with Crippen molar-refractivity contribution in [3.05, 3.63) is 0 Å². The van der Waals surface area contributed by atoms with Crippen molar-refractivity contribution in [2.75, 3.05) is 19.6 Å². The lowest BCUT2D eigenvalue weighted by Crippen LogP contribution is -2.41. The molecule has 1 aliphatic rings. The van der Waals surface area contributed by atoms with Crippen molar-refractivity contribution in [3.8, 4) is 0 Å². The first-order valence-corrected chi connectivity index (χ1v) is 5.22. The van der Waals surface area contributed by atoms with Gasteiger partial charge in [0.15, 0.2) is 0 Å². The predicted molar refractivity (Wildman–Crippen MR) is 53.4 cm³/mol. The Kier molecular flexibility index (Phi) is 4.02.